The van der Waals surface area contributed by atoms with Crippen LogP contribution in [0.15, 0.2) is 4.90 Å². The second kappa shape index (κ2) is 5.70. The van der Waals surface area contributed by atoms with E-state index in [4.69, 9.17) is 0 Å². The van der Waals surface area contributed by atoms with Gasteiger partial charge >= 0.3 is 5.97 Å². The van der Waals surface area contributed by atoms with E-state index in [1.807, 2.05) is 0 Å². The van der Waals surface area contributed by atoms with E-state index in [1.54, 1.807) is 27.7 Å². The maximum Gasteiger partial charge on any atom is 0.321 e. The van der Waals surface area contributed by atoms with Crippen LogP contribution in [-0.2, 0) is 19.6 Å². The van der Waals surface area contributed by atoms with Crippen molar-refractivity contribution in [1.29, 1.82) is 0 Å². The monoisotopic (exact) mass is 289 g/mol. The Balaban J connectivity index is 3.25. The first-order chi connectivity index (χ1) is 8.71. The Morgan fingerprint density at radius 3 is 2.37 bits per heavy atom. The average molecular weight is 289 g/mol. The van der Waals surface area contributed by atoms with Gasteiger partial charge in [0.25, 0.3) is 0 Å². The van der Waals surface area contributed by atoms with E-state index in [-0.39, 0.29) is 17.5 Å². The maximum absolute atomic E-state index is 12.6. The quantitative estimate of drug-likeness (QED) is 0.801. The van der Waals surface area contributed by atoms with Gasteiger partial charge in [0.2, 0.25) is 10.0 Å². The Bertz CT molecular complexity index is 543. The molecule has 0 aliphatic rings. The molecular formula is C11H19N3O4S. The number of hydrogen-bond acceptors (Lipinski definition) is 5. The molecule has 1 heterocycles. The van der Waals surface area contributed by atoms with Gasteiger partial charge in [-0.3, -0.25) is 9.89 Å². The van der Waals surface area contributed by atoms with Gasteiger partial charge in [-0.05, 0) is 27.7 Å². The molecule has 108 valence electrons. The van der Waals surface area contributed by atoms with Gasteiger partial charge in [-0.15, -0.1) is 0 Å². The van der Waals surface area contributed by atoms with Crippen molar-refractivity contribution in [3.63, 3.8) is 0 Å². The molecule has 0 radical (unpaired) electrons. The number of nitrogens with one attached hydrogen (secondary N) is 1. The Morgan fingerprint density at radius 2 is 2.00 bits per heavy atom. The van der Waals surface area contributed by atoms with E-state index in [2.05, 4.69) is 14.9 Å². The fourth-order valence-corrected chi connectivity index (χ4v) is 3.69. The zero-order valence-electron chi connectivity index (χ0n) is 11.7. The van der Waals surface area contributed by atoms with Gasteiger partial charge < -0.3 is 4.74 Å². The van der Waals surface area contributed by atoms with Gasteiger partial charge in [-0.2, -0.15) is 9.40 Å². The first-order valence-electron chi connectivity index (χ1n) is 5.82. The number of H-pyrrole nitrogens is 1. The molecule has 0 bridgehead atoms. The summed E-state index contributed by atoms with van der Waals surface area (Å²) in [4.78, 5) is 11.5. The highest BCUT2D eigenvalue weighted by Crippen LogP contribution is 2.23. The first-order valence-corrected chi connectivity index (χ1v) is 7.26. The molecule has 0 fully saturated rings. The van der Waals surface area contributed by atoms with Crippen LogP contribution in [0.5, 0.6) is 0 Å². The number of aromatic nitrogens is 2. The molecule has 8 heteroatoms. The molecule has 19 heavy (non-hydrogen) atoms. The summed E-state index contributed by atoms with van der Waals surface area (Å²) in [5.74, 6) is -0.601. The highest BCUT2D eigenvalue weighted by molar-refractivity contribution is 7.89. The molecule has 0 spiro atoms. The molecule has 0 aliphatic heterocycles. The lowest BCUT2D eigenvalue weighted by molar-refractivity contribution is -0.141. The van der Waals surface area contributed by atoms with Crippen molar-refractivity contribution in [2.75, 3.05) is 13.7 Å². The summed E-state index contributed by atoms with van der Waals surface area (Å²) in [6.45, 7) is 6.31. The molecule has 7 nitrogen and oxygen atoms in total. The van der Waals surface area contributed by atoms with Crippen LogP contribution < -0.4 is 0 Å². The minimum Gasteiger partial charge on any atom is -0.468 e. The zero-order valence-corrected chi connectivity index (χ0v) is 12.5. The molecule has 1 aromatic heterocycles. The predicted molar refractivity (Wildman–Crippen MR) is 69.1 cm³/mol. The Hall–Kier alpha value is -1.41. The lowest BCUT2D eigenvalue weighted by atomic mass is 10.4. The number of aromatic amines is 1. The van der Waals surface area contributed by atoms with Crippen LogP contribution in [0.3, 0.4) is 0 Å². The molecule has 0 aliphatic carbocycles. The van der Waals surface area contributed by atoms with E-state index in [0.29, 0.717) is 11.4 Å². The smallest absolute Gasteiger partial charge is 0.321 e. The van der Waals surface area contributed by atoms with E-state index in [0.717, 1.165) is 4.31 Å². The van der Waals surface area contributed by atoms with Crippen LogP contribution in [0.25, 0.3) is 0 Å². The van der Waals surface area contributed by atoms with Crippen LogP contribution >= 0.6 is 0 Å². The normalized spacial score (nSPS) is 12.2. The lowest BCUT2D eigenvalue weighted by Crippen LogP contribution is -2.41. The van der Waals surface area contributed by atoms with Gasteiger partial charge in [-0.1, -0.05) is 0 Å². The number of rotatable bonds is 5. The average Bonchev–Trinajstić information content (AvgIpc) is 2.65. The summed E-state index contributed by atoms with van der Waals surface area (Å²) < 4.78 is 30.8. The second-order valence-electron chi connectivity index (χ2n) is 4.48. The van der Waals surface area contributed by atoms with Gasteiger partial charge in [-0.25, -0.2) is 8.42 Å². The highest BCUT2D eigenvalue weighted by Gasteiger charge is 2.33. The Morgan fingerprint density at radius 1 is 1.42 bits per heavy atom. The third-order valence-electron chi connectivity index (χ3n) is 2.72. The second-order valence-corrected chi connectivity index (χ2v) is 6.31. The van der Waals surface area contributed by atoms with Crippen molar-refractivity contribution in [1.82, 2.24) is 14.5 Å². The van der Waals surface area contributed by atoms with Crippen molar-refractivity contribution >= 4 is 16.0 Å². The summed E-state index contributed by atoms with van der Waals surface area (Å²) >= 11 is 0. The third kappa shape index (κ3) is 3.13. The van der Waals surface area contributed by atoms with Gasteiger partial charge in [0, 0.05) is 6.04 Å². The molecule has 1 aromatic rings. The molecule has 0 saturated carbocycles. The maximum atomic E-state index is 12.6. The largest absolute Gasteiger partial charge is 0.468 e. The standard InChI is InChI=1S/C11H19N3O4S/c1-7(2)14(6-10(15)18-5)19(16,17)11-8(3)12-13-9(11)4/h7H,6H2,1-5H3,(H,12,13). The molecule has 0 saturated heterocycles. The number of methoxy groups -OCH3 is 1. The number of aryl methyl sites for hydroxylation is 2. The number of hydrogen-bond donors (Lipinski definition) is 1. The predicted octanol–water partition coefficient (Wildman–Crippen LogP) is 0.599. The summed E-state index contributed by atoms with van der Waals surface area (Å²) in [7, 11) is -2.56. The van der Waals surface area contributed by atoms with Crippen LogP contribution in [0.4, 0.5) is 0 Å². The third-order valence-corrected chi connectivity index (χ3v) is 5.00. The highest BCUT2D eigenvalue weighted by atomic mass is 32.2. The molecule has 0 amide bonds. The topological polar surface area (TPSA) is 92.4 Å². The van der Waals surface area contributed by atoms with Gasteiger partial charge in [0.1, 0.15) is 11.4 Å². The van der Waals surface area contributed by atoms with E-state index in [9.17, 15) is 13.2 Å². The molecule has 0 aromatic carbocycles. The van der Waals surface area contributed by atoms with Crippen LogP contribution in [0.1, 0.15) is 25.2 Å². The first kappa shape index (κ1) is 15.6. The van der Waals surface area contributed by atoms with E-state index < -0.39 is 16.0 Å². The van der Waals surface area contributed by atoms with Crippen molar-refractivity contribution in [2.45, 2.75) is 38.6 Å². The Labute approximate surface area is 113 Å². The number of ether oxygens (including phenoxy) is 1. The van der Waals surface area contributed by atoms with Gasteiger partial charge in [0.15, 0.2) is 0 Å². The lowest BCUT2D eigenvalue weighted by Gasteiger charge is -2.24. The van der Waals surface area contributed by atoms with E-state index >= 15 is 0 Å². The van der Waals surface area contributed by atoms with E-state index in [1.165, 1.54) is 7.11 Å². The van der Waals surface area contributed by atoms with Crippen molar-refractivity contribution < 1.29 is 17.9 Å². The van der Waals surface area contributed by atoms with Crippen molar-refractivity contribution in [3.8, 4) is 0 Å². The van der Waals surface area contributed by atoms with Crippen molar-refractivity contribution in [2.24, 2.45) is 0 Å². The Kier molecular flexibility index (Phi) is 4.70. The number of carbonyl (C=O) groups excluding carboxylic acids is 1. The molecule has 0 unspecified atom stereocenters. The zero-order chi connectivity index (χ0) is 14.8. The molecular weight excluding hydrogens is 270 g/mol. The summed E-state index contributed by atoms with van der Waals surface area (Å²) in [5.41, 5.74) is 0.834. The SMILES string of the molecule is COC(=O)CN(C(C)C)S(=O)(=O)c1c(C)n[nH]c1C. The summed E-state index contributed by atoms with van der Waals surface area (Å²) in [6.07, 6.45) is 0. The van der Waals surface area contributed by atoms with Gasteiger partial charge in [0.05, 0.1) is 18.5 Å². The number of esters is 1. The molecule has 0 atom stereocenters. The minimum absolute atomic E-state index is 0.116. The minimum atomic E-state index is -3.78. The number of sulfonamides is 1. The number of nitrogens with zero attached hydrogens (tertiary/aromatic N) is 2. The van der Waals surface area contributed by atoms with Crippen LogP contribution in [0, 0.1) is 13.8 Å². The van der Waals surface area contributed by atoms with Crippen molar-refractivity contribution in [3.05, 3.63) is 11.4 Å². The summed E-state index contributed by atoms with van der Waals surface area (Å²) in [6, 6.07) is -0.363. The molecule has 1 rings (SSSR count). The van der Waals surface area contributed by atoms with Crippen LogP contribution in [0.2, 0.25) is 0 Å². The number of carbonyl (C=O) groups is 1. The fourth-order valence-electron chi connectivity index (χ4n) is 1.77. The van der Waals surface area contributed by atoms with Crippen LogP contribution in [-0.4, -0.2) is 48.6 Å². The molecule has 1 N–H and O–H groups in total. The summed E-state index contributed by atoms with van der Waals surface area (Å²) in [5, 5.41) is 6.51. The fraction of sp³-hybridized carbons (Fsp3) is 0.636.